The Morgan fingerprint density at radius 3 is 2.86 bits per heavy atom. The van der Waals surface area contributed by atoms with Crippen molar-refractivity contribution in [2.75, 3.05) is 5.32 Å². The quantitative estimate of drug-likeness (QED) is 0.803. The van der Waals surface area contributed by atoms with E-state index in [9.17, 15) is 4.79 Å². The third kappa shape index (κ3) is 3.14. The highest BCUT2D eigenvalue weighted by Gasteiger charge is 2.13. The van der Waals surface area contributed by atoms with Crippen LogP contribution in [0.5, 0.6) is 0 Å². The fraction of sp³-hybridized carbons (Fsp3) is 0.0667. The maximum atomic E-state index is 12.1. The molecule has 0 aliphatic carbocycles. The van der Waals surface area contributed by atoms with Crippen LogP contribution < -0.4 is 5.32 Å². The van der Waals surface area contributed by atoms with Gasteiger partial charge in [0, 0.05) is 12.4 Å². The smallest absolute Gasteiger partial charge is 0.291 e. The average molecular weight is 302 g/mol. The Kier molecular flexibility index (Phi) is 3.75. The molecule has 0 bridgehead atoms. The maximum absolute atomic E-state index is 12.1. The molecule has 0 radical (unpaired) electrons. The van der Waals surface area contributed by atoms with Crippen LogP contribution in [-0.2, 0) is 6.54 Å². The molecule has 2 heterocycles. The molecule has 6 heteroatoms. The molecular formula is C15H12ClN3O2. The number of benzene rings is 1. The number of aromatic nitrogens is 2. The van der Waals surface area contributed by atoms with Crippen LogP contribution in [-0.4, -0.2) is 15.7 Å². The molecule has 1 N–H and O–H groups in total. The summed E-state index contributed by atoms with van der Waals surface area (Å²) in [5.41, 5.74) is 0.550. The lowest BCUT2D eigenvalue weighted by atomic mass is 10.3. The van der Waals surface area contributed by atoms with Gasteiger partial charge in [0.05, 0.1) is 17.3 Å². The van der Waals surface area contributed by atoms with Gasteiger partial charge in [0.25, 0.3) is 5.91 Å². The van der Waals surface area contributed by atoms with Crippen LogP contribution in [0.2, 0.25) is 5.02 Å². The fourth-order valence-electron chi connectivity index (χ4n) is 1.89. The van der Waals surface area contributed by atoms with E-state index in [4.69, 9.17) is 16.0 Å². The van der Waals surface area contributed by atoms with Crippen molar-refractivity contribution in [2.45, 2.75) is 6.54 Å². The molecule has 0 atom stereocenters. The summed E-state index contributed by atoms with van der Waals surface area (Å²) in [4.78, 5) is 12.1. The van der Waals surface area contributed by atoms with Gasteiger partial charge < -0.3 is 9.73 Å². The van der Waals surface area contributed by atoms with Crippen molar-refractivity contribution in [3.63, 3.8) is 0 Å². The van der Waals surface area contributed by atoms with Crippen LogP contribution in [0.1, 0.15) is 16.3 Å². The molecule has 106 valence electrons. The molecule has 5 nitrogen and oxygen atoms in total. The van der Waals surface area contributed by atoms with E-state index < -0.39 is 0 Å². The number of hydrogen-bond donors (Lipinski definition) is 1. The molecule has 0 spiro atoms. The van der Waals surface area contributed by atoms with E-state index in [0.717, 1.165) is 0 Å². The first-order chi connectivity index (χ1) is 10.2. The van der Waals surface area contributed by atoms with Gasteiger partial charge in [-0.1, -0.05) is 23.7 Å². The van der Waals surface area contributed by atoms with E-state index in [1.807, 2.05) is 12.3 Å². The number of hydrogen-bond acceptors (Lipinski definition) is 3. The summed E-state index contributed by atoms with van der Waals surface area (Å²) in [5, 5.41) is 7.28. The van der Waals surface area contributed by atoms with Crippen LogP contribution in [0.25, 0.3) is 0 Å². The Morgan fingerprint density at radius 2 is 2.10 bits per heavy atom. The van der Waals surface area contributed by atoms with Crippen molar-refractivity contribution < 1.29 is 9.21 Å². The number of furan rings is 1. The van der Waals surface area contributed by atoms with Gasteiger partial charge in [0.15, 0.2) is 5.76 Å². The van der Waals surface area contributed by atoms with Crippen LogP contribution in [0.3, 0.4) is 0 Å². The average Bonchev–Trinajstić information content (AvgIpc) is 3.13. The van der Waals surface area contributed by atoms with E-state index in [0.29, 0.717) is 23.0 Å². The summed E-state index contributed by atoms with van der Waals surface area (Å²) in [5.74, 6) is 0.551. The Bertz CT molecular complexity index is 750. The summed E-state index contributed by atoms with van der Waals surface area (Å²) < 4.78 is 7.23. The number of para-hydroxylation sites is 1. The number of nitrogens with zero attached hydrogens (tertiary/aromatic N) is 2. The largest absolute Gasteiger partial charge is 0.454 e. The van der Waals surface area contributed by atoms with E-state index in [2.05, 4.69) is 10.4 Å². The molecule has 2 aromatic heterocycles. The third-order valence-corrected chi connectivity index (χ3v) is 3.21. The number of carbonyl (C=O) groups is 1. The topological polar surface area (TPSA) is 60.1 Å². The minimum absolute atomic E-state index is 0.233. The van der Waals surface area contributed by atoms with Crippen molar-refractivity contribution >= 4 is 23.2 Å². The molecule has 3 aromatic rings. The van der Waals surface area contributed by atoms with Crippen LogP contribution >= 0.6 is 11.6 Å². The molecule has 3 rings (SSSR count). The SMILES string of the molecule is O=C(Nc1ccccc1Cl)c1ccc(Cn2cccn2)o1. The predicted octanol–water partition coefficient (Wildman–Crippen LogP) is 3.43. The van der Waals surface area contributed by atoms with Gasteiger partial charge in [0.2, 0.25) is 0 Å². The van der Waals surface area contributed by atoms with E-state index >= 15 is 0 Å². The lowest BCUT2D eigenvalue weighted by Gasteiger charge is -2.04. The first-order valence-corrected chi connectivity index (χ1v) is 6.72. The number of rotatable bonds is 4. The standard InChI is InChI=1S/C15H12ClN3O2/c16-12-4-1-2-5-13(12)18-15(20)14-7-6-11(21-14)10-19-9-3-8-17-19/h1-9H,10H2,(H,18,20). The Labute approximate surface area is 126 Å². The molecular weight excluding hydrogens is 290 g/mol. The van der Waals surface area contributed by atoms with Crippen LogP contribution in [0.4, 0.5) is 5.69 Å². The molecule has 0 aliphatic heterocycles. The monoisotopic (exact) mass is 301 g/mol. The number of halogens is 1. The Hall–Kier alpha value is -2.53. The highest BCUT2D eigenvalue weighted by molar-refractivity contribution is 6.33. The number of nitrogens with one attached hydrogen (secondary N) is 1. The highest BCUT2D eigenvalue weighted by atomic mass is 35.5. The minimum atomic E-state index is -0.338. The molecule has 0 fully saturated rings. The maximum Gasteiger partial charge on any atom is 0.291 e. The Balaban J connectivity index is 1.71. The van der Waals surface area contributed by atoms with E-state index in [1.54, 1.807) is 47.3 Å². The lowest BCUT2D eigenvalue weighted by Crippen LogP contribution is -2.11. The molecule has 0 saturated carbocycles. The predicted molar refractivity (Wildman–Crippen MR) is 79.4 cm³/mol. The second-order valence-corrected chi connectivity index (χ2v) is 4.81. The zero-order chi connectivity index (χ0) is 14.7. The van der Waals surface area contributed by atoms with Crippen molar-refractivity contribution in [2.24, 2.45) is 0 Å². The van der Waals surface area contributed by atoms with E-state index in [1.165, 1.54) is 0 Å². The minimum Gasteiger partial charge on any atom is -0.454 e. The summed E-state index contributed by atoms with van der Waals surface area (Å²) in [6.45, 7) is 0.479. The lowest BCUT2D eigenvalue weighted by molar-refractivity contribution is 0.0994. The second-order valence-electron chi connectivity index (χ2n) is 4.40. The number of amides is 1. The first-order valence-electron chi connectivity index (χ1n) is 6.34. The summed E-state index contributed by atoms with van der Waals surface area (Å²) in [7, 11) is 0. The van der Waals surface area contributed by atoms with Gasteiger partial charge in [-0.3, -0.25) is 9.48 Å². The summed E-state index contributed by atoms with van der Waals surface area (Å²) in [6.07, 6.45) is 3.51. The van der Waals surface area contributed by atoms with Crippen LogP contribution in [0.15, 0.2) is 59.3 Å². The zero-order valence-corrected chi connectivity index (χ0v) is 11.7. The molecule has 0 saturated heterocycles. The normalized spacial score (nSPS) is 10.5. The first kappa shape index (κ1) is 13.5. The molecule has 0 unspecified atom stereocenters. The fourth-order valence-corrected chi connectivity index (χ4v) is 2.07. The summed E-state index contributed by atoms with van der Waals surface area (Å²) in [6, 6.07) is 12.2. The van der Waals surface area contributed by atoms with Gasteiger partial charge in [-0.25, -0.2) is 0 Å². The van der Waals surface area contributed by atoms with Gasteiger partial charge in [-0.15, -0.1) is 0 Å². The zero-order valence-electron chi connectivity index (χ0n) is 11.0. The summed E-state index contributed by atoms with van der Waals surface area (Å²) >= 11 is 6.00. The molecule has 1 aromatic carbocycles. The molecule has 21 heavy (non-hydrogen) atoms. The highest BCUT2D eigenvalue weighted by Crippen LogP contribution is 2.21. The van der Waals surface area contributed by atoms with Crippen molar-refractivity contribution in [1.82, 2.24) is 9.78 Å². The second kappa shape index (κ2) is 5.85. The van der Waals surface area contributed by atoms with Crippen molar-refractivity contribution in [3.8, 4) is 0 Å². The number of anilines is 1. The van der Waals surface area contributed by atoms with Gasteiger partial charge in [-0.2, -0.15) is 5.10 Å². The van der Waals surface area contributed by atoms with Gasteiger partial charge in [0.1, 0.15) is 5.76 Å². The van der Waals surface area contributed by atoms with E-state index in [-0.39, 0.29) is 11.7 Å². The molecule has 0 aliphatic rings. The van der Waals surface area contributed by atoms with Crippen molar-refractivity contribution in [3.05, 3.63) is 71.4 Å². The molecule has 1 amide bonds. The van der Waals surface area contributed by atoms with Gasteiger partial charge >= 0.3 is 0 Å². The number of carbonyl (C=O) groups excluding carboxylic acids is 1. The van der Waals surface area contributed by atoms with Crippen LogP contribution in [0, 0.1) is 0 Å². The third-order valence-electron chi connectivity index (χ3n) is 2.88. The van der Waals surface area contributed by atoms with Gasteiger partial charge in [-0.05, 0) is 30.3 Å². The van der Waals surface area contributed by atoms with Crippen molar-refractivity contribution in [1.29, 1.82) is 0 Å². The Morgan fingerprint density at radius 1 is 1.24 bits per heavy atom.